The second-order valence-corrected chi connectivity index (χ2v) is 6.61. The zero-order valence-electron chi connectivity index (χ0n) is 14.9. The first-order chi connectivity index (χ1) is 13.0. The molecular weight excluding hydrogens is 366 g/mol. The van der Waals surface area contributed by atoms with Gasteiger partial charge >= 0.3 is 0 Å². The van der Waals surface area contributed by atoms with Gasteiger partial charge in [-0.3, -0.25) is 14.3 Å². The Morgan fingerprint density at radius 1 is 1.30 bits per heavy atom. The summed E-state index contributed by atoms with van der Waals surface area (Å²) in [4.78, 5) is 27.1. The van der Waals surface area contributed by atoms with Crippen molar-refractivity contribution in [3.8, 4) is 16.9 Å². The van der Waals surface area contributed by atoms with E-state index in [0.717, 1.165) is 11.1 Å². The van der Waals surface area contributed by atoms with Crippen molar-refractivity contribution < 1.29 is 14.3 Å². The number of aromatic nitrogens is 3. The Labute approximate surface area is 160 Å². The molecular formula is C18H19N5O3S. The van der Waals surface area contributed by atoms with Gasteiger partial charge in [-0.15, -0.1) is 11.3 Å². The largest absolute Gasteiger partial charge is 0.492 e. The summed E-state index contributed by atoms with van der Waals surface area (Å²) in [7, 11) is 1.87. The fourth-order valence-electron chi connectivity index (χ4n) is 2.35. The Bertz CT molecular complexity index is 950. The van der Waals surface area contributed by atoms with E-state index >= 15 is 0 Å². The van der Waals surface area contributed by atoms with Crippen LogP contribution in [0.3, 0.4) is 0 Å². The molecule has 1 aromatic carbocycles. The molecule has 0 saturated heterocycles. The molecule has 0 radical (unpaired) electrons. The molecule has 8 nitrogen and oxygen atoms in total. The summed E-state index contributed by atoms with van der Waals surface area (Å²) < 4.78 is 7.45. The van der Waals surface area contributed by atoms with Gasteiger partial charge in [0.15, 0.2) is 5.13 Å². The molecule has 2 amide bonds. The molecule has 0 atom stereocenters. The minimum atomic E-state index is -0.310. The van der Waals surface area contributed by atoms with E-state index in [1.165, 1.54) is 18.3 Å². The Balaban J connectivity index is 1.48. The summed E-state index contributed by atoms with van der Waals surface area (Å²) in [5.41, 5.74) is 2.29. The van der Waals surface area contributed by atoms with Crippen LogP contribution in [0.15, 0.2) is 42.0 Å². The van der Waals surface area contributed by atoms with Crippen LogP contribution >= 0.6 is 11.3 Å². The number of hydrogen-bond acceptors (Lipinski definition) is 6. The monoisotopic (exact) mass is 385 g/mol. The van der Waals surface area contributed by atoms with Crippen molar-refractivity contribution in [2.45, 2.75) is 6.92 Å². The highest BCUT2D eigenvalue weighted by Crippen LogP contribution is 2.23. The Kier molecular flexibility index (Phi) is 5.82. The number of amides is 2. The standard InChI is InChI=1S/C18H19N5O3S/c1-12(24)21-18-22-16(11-27-18)17(25)19-6-7-26-15-5-3-4-13(8-15)14-9-20-23(2)10-14/h3-5,8-11H,6-7H2,1-2H3,(H,19,25)(H,21,22,24). The fraction of sp³-hybridized carbons (Fsp3) is 0.222. The molecule has 2 N–H and O–H groups in total. The highest BCUT2D eigenvalue weighted by atomic mass is 32.1. The van der Waals surface area contributed by atoms with E-state index in [1.54, 1.807) is 16.3 Å². The molecule has 9 heteroatoms. The third-order valence-corrected chi connectivity index (χ3v) is 4.31. The van der Waals surface area contributed by atoms with Crippen LogP contribution in [-0.2, 0) is 11.8 Å². The molecule has 3 rings (SSSR count). The molecule has 2 aromatic heterocycles. The average molecular weight is 385 g/mol. The lowest BCUT2D eigenvalue weighted by molar-refractivity contribution is -0.114. The van der Waals surface area contributed by atoms with Gasteiger partial charge in [0.1, 0.15) is 18.1 Å². The molecule has 0 fully saturated rings. The third-order valence-electron chi connectivity index (χ3n) is 3.55. The smallest absolute Gasteiger partial charge is 0.270 e. The van der Waals surface area contributed by atoms with E-state index in [-0.39, 0.29) is 17.5 Å². The number of carbonyl (C=O) groups excluding carboxylic acids is 2. The summed E-state index contributed by atoms with van der Waals surface area (Å²) in [6.07, 6.45) is 3.73. The molecule has 0 unspecified atom stereocenters. The first-order valence-corrected chi connectivity index (χ1v) is 9.12. The minimum absolute atomic E-state index is 0.224. The number of nitrogens with one attached hydrogen (secondary N) is 2. The van der Waals surface area contributed by atoms with Crippen molar-refractivity contribution in [1.82, 2.24) is 20.1 Å². The van der Waals surface area contributed by atoms with Gasteiger partial charge in [0, 0.05) is 31.1 Å². The molecule has 0 aliphatic rings. The van der Waals surface area contributed by atoms with Crippen LogP contribution in [0.1, 0.15) is 17.4 Å². The van der Waals surface area contributed by atoms with Crippen LogP contribution < -0.4 is 15.4 Å². The number of thiazole rings is 1. The fourth-order valence-corrected chi connectivity index (χ4v) is 3.08. The average Bonchev–Trinajstić information content (AvgIpc) is 3.27. The quantitative estimate of drug-likeness (QED) is 0.608. The van der Waals surface area contributed by atoms with E-state index in [1.807, 2.05) is 37.5 Å². The van der Waals surface area contributed by atoms with Gasteiger partial charge in [0.25, 0.3) is 5.91 Å². The first kappa shape index (κ1) is 18.6. The van der Waals surface area contributed by atoms with Crippen LogP contribution in [-0.4, -0.2) is 39.7 Å². The van der Waals surface area contributed by atoms with Crippen LogP contribution in [0.4, 0.5) is 5.13 Å². The molecule has 140 valence electrons. The number of anilines is 1. The molecule has 2 heterocycles. The molecule has 0 saturated carbocycles. The first-order valence-electron chi connectivity index (χ1n) is 8.24. The summed E-state index contributed by atoms with van der Waals surface area (Å²) in [5, 5.41) is 11.4. The Morgan fingerprint density at radius 2 is 2.15 bits per heavy atom. The van der Waals surface area contributed by atoms with Crippen molar-refractivity contribution in [2.75, 3.05) is 18.5 Å². The summed E-state index contributed by atoms with van der Waals surface area (Å²) in [5.74, 6) is 0.181. The zero-order chi connectivity index (χ0) is 19.2. The molecule has 0 spiro atoms. The number of benzene rings is 1. The minimum Gasteiger partial charge on any atom is -0.492 e. The SMILES string of the molecule is CC(=O)Nc1nc(C(=O)NCCOc2cccc(-c3cnn(C)c3)c2)cs1. The molecule has 0 aliphatic carbocycles. The number of carbonyl (C=O) groups is 2. The highest BCUT2D eigenvalue weighted by molar-refractivity contribution is 7.14. The number of hydrogen-bond donors (Lipinski definition) is 2. The number of rotatable bonds is 7. The van der Waals surface area contributed by atoms with Crippen LogP contribution in [0, 0.1) is 0 Å². The number of nitrogens with zero attached hydrogens (tertiary/aromatic N) is 3. The van der Waals surface area contributed by atoms with E-state index < -0.39 is 0 Å². The topological polar surface area (TPSA) is 98.1 Å². The lowest BCUT2D eigenvalue weighted by Crippen LogP contribution is -2.28. The van der Waals surface area contributed by atoms with E-state index in [9.17, 15) is 9.59 Å². The summed E-state index contributed by atoms with van der Waals surface area (Å²) in [6.45, 7) is 2.05. The van der Waals surface area contributed by atoms with Crippen LogP contribution in [0.5, 0.6) is 5.75 Å². The van der Waals surface area contributed by atoms with E-state index in [4.69, 9.17) is 4.74 Å². The van der Waals surface area contributed by atoms with Gasteiger partial charge in [-0.2, -0.15) is 5.10 Å². The van der Waals surface area contributed by atoms with Crippen molar-refractivity contribution in [3.63, 3.8) is 0 Å². The lowest BCUT2D eigenvalue weighted by Gasteiger charge is -2.08. The maximum absolute atomic E-state index is 12.1. The van der Waals surface area contributed by atoms with Gasteiger partial charge in [-0.25, -0.2) is 4.98 Å². The summed E-state index contributed by atoms with van der Waals surface area (Å²) >= 11 is 1.20. The van der Waals surface area contributed by atoms with Crippen LogP contribution in [0.2, 0.25) is 0 Å². The van der Waals surface area contributed by atoms with E-state index in [2.05, 4.69) is 20.7 Å². The predicted octanol–water partition coefficient (Wildman–Crippen LogP) is 2.31. The van der Waals surface area contributed by atoms with Crippen LogP contribution in [0.25, 0.3) is 11.1 Å². The number of ether oxygens (including phenoxy) is 1. The maximum atomic E-state index is 12.1. The van der Waals surface area contributed by atoms with Crippen molar-refractivity contribution in [2.24, 2.45) is 7.05 Å². The zero-order valence-corrected chi connectivity index (χ0v) is 15.7. The molecule has 3 aromatic rings. The second-order valence-electron chi connectivity index (χ2n) is 5.75. The molecule has 0 aliphatic heterocycles. The molecule has 0 bridgehead atoms. The van der Waals surface area contributed by atoms with Gasteiger partial charge in [0.05, 0.1) is 12.7 Å². The van der Waals surface area contributed by atoms with Gasteiger partial charge in [0.2, 0.25) is 5.91 Å². The lowest BCUT2D eigenvalue weighted by atomic mass is 10.1. The second kappa shape index (κ2) is 8.45. The maximum Gasteiger partial charge on any atom is 0.270 e. The van der Waals surface area contributed by atoms with Crippen molar-refractivity contribution in [3.05, 3.63) is 47.7 Å². The Morgan fingerprint density at radius 3 is 2.89 bits per heavy atom. The van der Waals surface area contributed by atoms with Crippen molar-refractivity contribution >= 4 is 28.3 Å². The highest BCUT2D eigenvalue weighted by Gasteiger charge is 2.11. The van der Waals surface area contributed by atoms with Crippen molar-refractivity contribution in [1.29, 1.82) is 0 Å². The van der Waals surface area contributed by atoms with Gasteiger partial charge in [-0.05, 0) is 17.7 Å². The Hall–Kier alpha value is -3.20. The third kappa shape index (κ3) is 5.14. The number of aryl methyl sites for hydroxylation is 1. The summed E-state index contributed by atoms with van der Waals surface area (Å²) in [6, 6.07) is 7.69. The van der Waals surface area contributed by atoms with Gasteiger partial charge in [-0.1, -0.05) is 12.1 Å². The van der Waals surface area contributed by atoms with E-state index in [0.29, 0.717) is 24.0 Å². The predicted molar refractivity (Wildman–Crippen MR) is 103 cm³/mol. The normalized spacial score (nSPS) is 10.4. The van der Waals surface area contributed by atoms with Gasteiger partial charge < -0.3 is 15.4 Å². The molecule has 27 heavy (non-hydrogen) atoms.